The molecular weight excluding hydrogens is 420 g/mol. The van der Waals surface area contributed by atoms with E-state index >= 15 is 0 Å². The number of piperazine rings is 1. The monoisotopic (exact) mass is 450 g/mol. The number of carbonyl (C=O) groups excluding carboxylic acids is 2. The number of hydrogen-bond acceptors (Lipinski definition) is 5. The highest BCUT2D eigenvalue weighted by molar-refractivity contribution is 7.16. The minimum atomic E-state index is -0.0434. The molecule has 7 heteroatoms. The summed E-state index contributed by atoms with van der Waals surface area (Å²) < 4.78 is 0. The molecule has 4 rings (SSSR count). The summed E-state index contributed by atoms with van der Waals surface area (Å²) in [5.74, 6) is 0.126. The van der Waals surface area contributed by atoms with Crippen LogP contribution in [-0.2, 0) is 28.9 Å². The van der Waals surface area contributed by atoms with Crippen molar-refractivity contribution in [3.63, 3.8) is 0 Å². The van der Waals surface area contributed by atoms with Gasteiger partial charge in [0, 0.05) is 44.0 Å². The number of carbonyl (C=O) groups is 2. The van der Waals surface area contributed by atoms with Gasteiger partial charge in [0.25, 0.3) is 0 Å². The minimum absolute atomic E-state index is 0.0434. The first-order chi connectivity index (χ1) is 15.5. The van der Waals surface area contributed by atoms with Crippen LogP contribution in [0.1, 0.15) is 46.4 Å². The maximum atomic E-state index is 12.7. The normalized spacial score (nSPS) is 16.3. The first kappa shape index (κ1) is 22.5. The number of hydrogen-bond donors (Lipinski definition) is 1. The van der Waals surface area contributed by atoms with E-state index < -0.39 is 0 Å². The Bertz CT molecular complexity index is 1030. The molecule has 0 unspecified atom stereocenters. The highest BCUT2D eigenvalue weighted by Gasteiger charge is 2.24. The molecule has 6 nitrogen and oxygen atoms in total. The Hall–Kier alpha value is -2.69. The summed E-state index contributed by atoms with van der Waals surface area (Å²) in [6.07, 6.45) is 5.07. The van der Waals surface area contributed by atoms with Crippen LogP contribution in [0.25, 0.3) is 0 Å². The van der Waals surface area contributed by atoms with Gasteiger partial charge in [-0.1, -0.05) is 24.3 Å². The van der Waals surface area contributed by atoms with Crippen molar-refractivity contribution in [3.05, 3.63) is 51.4 Å². The van der Waals surface area contributed by atoms with E-state index in [1.165, 1.54) is 4.88 Å². The van der Waals surface area contributed by atoms with E-state index in [1.54, 1.807) is 11.3 Å². The molecule has 1 saturated heterocycles. The Balaban J connectivity index is 1.23. The maximum absolute atomic E-state index is 12.7. The fourth-order valence-corrected chi connectivity index (χ4v) is 5.78. The third kappa shape index (κ3) is 5.20. The second-order valence-corrected chi connectivity index (χ2v) is 9.76. The summed E-state index contributed by atoms with van der Waals surface area (Å²) >= 11 is 1.57. The van der Waals surface area contributed by atoms with E-state index in [0.717, 1.165) is 60.5 Å². The lowest BCUT2D eigenvalue weighted by Gasteiger charge is -2.34. The summed E-state index contributed by atoms with van der Waals surface area (Å²) in [6.45, 7) is 5.66. The van der Waals surface area contributed by atoms with Gasteiger partial charge in [-0.25, -0.2) is 0 Å². The number of anilines is 1. The van der Waals surface area contributed by atoms with Crippen LogP contribution in [0.15, 0.2) is 24.3 Å². The maximum Gasteiger partial charge on any atom is 0.227 e. The van der Waals surface area contributed by atoms with E-state index in [9.17, 15) is 14.9 Å². The molecule has 1 fully saturated rings. The SMILES string of the molecule is Cc1ccccc1CC(=O)N1CCN(CCC(=O)Nc2sc3c(c2C#N)CCCC3)CC1. The number of fused-ring (bicyclic) bond motifs is 1. The molecule has 2 aliphatic rings. The summed E-state index contributed by atoms with van der Waals surface area (Å²) in [7, 11) is 0. The molecule has 2 heterocycles. The summed E-state index contributed by atoms with van der Waals surface area (Å²) in [6, 6.07) is 10.3. The molecule has 2 amide bonds. The number of nitrogens with zero attached hydrogens (tertiary/aromatic N) is 3. The van der Waals surface area contributed by atoms with E-state index in [-0.39, 0.29) is 11.8 Å². The molecule has 1 aromatic carbocycles. The Morgan fingerprint density at radius 1 is 1.12 bits per heavy atom. The molecule has 168 valence electrons. The lowest BCUT2D eigenvalue weighted by atomic mass is 9.96. The Kier molecular flexibility index (Phi) is 7.23. The average Bonchev–Trinajstić information content (AvgIpc) is 3.16. The van der Waals surface area contributed by atoms with Crippen LogP contribution in [0.4, 0.5) is 5.00 Å². The van der Waals surface area contributed by atoms with Crippen molar-refractivity contribution in [2.45, 2.75) is 45.4 Å². The summed E-state index contributed by atoms with van der Waals surface area (Å²) in [5.41, 5.74) is 4.05. The van der Waals surface area contributed by atoms with Gasteiger partial charge >= 0.3 is 0 Å². The van der Waals surface area contributed by atoms with Crippen molar-refractivity contribution in [1.82, 2.24) is 9.80 Å². The summed E-state index contributed by atoms with van der Waals surface area (Å²) in [4.78, 5) is 30.6. The van der Waals surface area contributed by atoms with E-state index in [1.807, 2.05) is 36.1 Å². The fraction of sp³-hybridized carbons (Fsp3) is 0.480. The molecular formula is C25H30N4O2S. The zero-order valence-corrected chi connectivity index (χ0v) is 19.5. The van der Waals surface area contributed by atoms with Gasteiger partial charge in [0.15, 0.2) is 0 Å². The third-order valence-corrected chi connectivity index (χ3v) is 7.73. The average molecular weight is 451 g/mol. The first-order valence-corrected chi connectivity index (χ1v) is 12.3. The molecule has 0 bridgehead atoms. The van der Waals surface area contributed by atoms with Crippen molar-refractivity contribution in [2.24, 2.45) is 0 Å². The molecule has 2 aromatic rings. The first-order valence-electron chi connectivity index (χ1n) is 11.4. The zero-order chi connectivity index (χ0) is 22.5. The largest absolute Gasteiger partial charge is 0.340 e. The van der Waals surface area contributed by atoms with Gasteiger partial charge in [-0.3, -0.25) is 14.5 Å². The van der Waals surface area contributed by atoms with E-state index in [2.05, 4.69) is 16.3 Å². The predicted molar refractivity (Wildman–Crippen MR) is 127 cm³/mol. The lowest BCUT2D eigenvalue weighted by Crippen LogP contribution is -2.49. The number of nitrogens with one attached hydrogen (secondary N) is 1. The Labute approximate surface area is 193 Å². The van der Waals surface area contributed by atoms with Crippen molar-refractivity contribution in [1.29, 1.82) is 5.26 Å². The lowest BCUT2D eigenvalue weighted by molar-refractivity contribution is -0.132. The van der Waals surface area contributed by atoms with Crippen LogP contribution in [0, 0.1) is 18.3 Å². The number of benzene rings is 1. The summed E-state index contributed by atoms with van der Waals surface area (Å²) in [5, 5.41) is 13.3. The predicted octanol–water partition coefficient (Wildman–Crippen LogP) is 3.52. The number of thiophene rings is 1. The van der Waals surface area contributed by atoms with E-state index in [0.29, 0.717) is 38.0 Å². The standard InChI is InChI=1S/C25H30N4O2S/c1-18-6-2-3-7-19(18)16-24(31)29-14-12-28(13-15-29)11-10-23(30)27-25-21(17-26)20-8-4-5-9-22(20)32-25/h2-3,6-7H,4-5,8-16H2,1H3,(H,27,30). The topological polar surface area (TPSA) is 76.4 Å². The van der Waals surface area contributed by atoms with Gasteiger partial charge in [-0.05, 0) is 49.3 Å². The van der Waals surface area contributed by atoms with Gasteiger partial charge < -0.3 is 10.2 Å². The van der Waals surface area contributed by atoms with Crippen LogP contribution in [-0.4, -0.2) is 54.3 Å². The molecule has 0 atom stereocenters. The number of aryl methyl sites for hydroxylation is 2. The molecule has 1 aliphatic heterocycles. The van der Waals surface area contributed by atoms with Crippen LogP contribution in [0.2, 0.25) is 0 Å². The number of rotatable bonds is 6. The van der Waals surface area contributed by atoms with Crippen LogP contribution in [0.3, 0.4) is 0 Å². The highest BCUT2D eigenvalue weighted by Crippen LogP contribution is 2.37. The van der Waals surface area contributed by atoms with Gasteiger partial charge in [0.1, 0.15) is 11.1 Å². The smallest absolute Gasteiger partial charge is 0.227 e. The van der Waals surface area contributed by atoms with Crippen molar-refractivity contribution in [2.75, 3.05) is 38.0 Å². The van der Waals surface area contributed by atoms with Gasteiger partial charge in [0.05, 0.1) is 12.0 Å². The molecule has 0 radical (unpaired) electrons. The minimum Gasteiger partial charge on any atom is -0.340 e. The Morgan fingerprint density at radius 3 is 2.62 bits per heavy atom. The third-order valence-electron chi connectivity index (χ3n) is 6.52. The molecule has 1 N–H and O–H groups in total. The molecule has 32 heavy (non-hydrogen) atoms. The van der Waals surface area contributed by atoms with Crippen molar-refractivity contribution < 1.29 is 9.59 Å². The van der Waals surface area contributed by atoms with Gasteiger partial charge in [0.2, 0.25) is 11.8 Å². The zero-order valence-electron chi connectivity index (χ0n) is 18.7. The van der Waals surface area contributed by atoms with Crippen LogP contribution >= 0.6 is 11.3 Å². The Morgan fingerprint density at radius 2 is 1.88 bits per heavy atom. The van der Waals surface area contributed by atoms with Crippen molar-refractivity contribution >= 4 is 28.2 Å². The molecule has 0 saturated carbocycles. The molecule has 1 aromatic heterocycles. The second-order valence-electron chi connectivity index (χ2n) is 8.65. The second kappa shape index (κ2) is 10.3. The number of nitriles is 1. The molecule has 1 aliphatic carbocycles. The quantitative estimate of drug-likeness (QED) is 0.731. The number of amides is 2. The van der Waals surface area contributed by atoms with Gasteiger partial charge in [-0.2, -0.15) is 5.26 Å². The van der Waals surface area contributed by atoms with Crippen LogP contribution in [0.5, 0.6) is 0 Å². The van der Waals surface area contributed by atoms with Crippen molar-refractivity contribution in [3.8, 4) is 6.07 Å². The van der Waals surface area contributed by atoms with Gasteiger partial charge in [-0.15, -0.1) is 11.3 Å². The van der Waals surface area contributed by atoms with Crippen LogP contribution < -0.4 is 5.32 Å². The molecule has 0 spiro atoms. The highest BCUT2D eigenvalue weighted by atomic mass is 32.1. The van der Waals surface area contributed by atoms with E-state index in [4.69, 9.17) is 0 Å². The fourth-order valence-electron chi connectivity index (χ4n) is 4.53.